The van der Waals surface area contributed by atoms with E-state index < -0.39 is 0 Å². The number of aryl methyl sites for hydroxylation is 1. The lowest BCUT2D eigenvalue weighted by molar-refractivity contribution is 0.440. The molecule has 15 heavy (non-hydrogen) atoms. The van der Waals surface area contributed by atoms with Gasteiger partial charge in [-0.25, -0.2) is 0 Å². The Labute approximate surface area is 98.6 Å². The summed E-state index contributed by atoms with van der Waals surface area (Å²) in [6, 6.07) is 5.11. The maximum Gasteiger partial charge on any atom is 0.0409 e. The standard InChI is InChI=1S/C12H15BrN2/c1-7-4-8(13)5-9-10-6-14-3-2-11(10)15-12(7)9/h4-5,10-11,14-15H,2-3,6H2,1H3/t10-,11-/m0/s1. The van der Waals surface area contributed by atoms with Gasteiger partial charge in [-0.2, -0.15) is 0 Å². The van der Waals surface area contributed by atoms with Crippen molar-refractivity contribution >= 4 is 21.6 Å². The molecule has 1 fully saturated rings. The summed E-state index contributed by atoms with van der Waals surface area (Å²) in [6.45, 7) is 4.43. The molecule has 0 amide bonds. The Balaban J connectivity index is 2.08. The van der Waals surface area contributed by atoms with Gasteiger partial charge in [0.25, 0.3) is 0 Å². The smallest absolute Gasteiger partial charge is 0.0409 e. The quantitative estimate of drug-likeness (QED) is 0.755. The Hall–Kier alpha value is -0.540. The molecule has 0 spiro atoms. The van der Waals surface area contributed by atoms with Gasteiger partial charge in [0.2, 0.25) is 0 Å². The highest BCUT2D eigenvalue weighted by molar-refractivity contribution is 9.10. The lowest BCUT2D eigenvalue weighted by Gasteiger charge is -2.26. The number of piperidine rings is 1. The molecule has 3 heteroatoms. The van der Waals surface area contributed by atoms with Crippen molar-refractivity contribution in [3.05, 3.63) is 27.7 Å². The first-order valence-corrected chi connectivity index (χ1v) is 6.32. The summed E-state index contributed by atoms with van der Waals surface area (Å²) in [7, 11) is 0. The minimum absolute atomic E-state index is 0.647. The number of rotatable bonds is 0. The third-order valence-corrected chi connectivity index (χ3v) is 4.00. The van der Waals surface area contributed by atoms with Crippen LogP contribution in [0.4, 0.5) is 5.69 Å². The maximum absolute atomic E-state index is 3.67. The fourth-order valence-corrected chi connectivity index (χ4v) is 3.39. The van der Waals surface area contributed by atoms with E-state index in [4.69, 9.17) is 0 Å². The van der Waals surface area contributed by atoms with E-state index >= 15 is 0 Å². The molecule has 0 radical (unpaired) electrons. The highest BCUT2D eigenvalue weighted by atomic mass is 79.9. The first-order valence-electron chi connectivity index (χ1n) is 5.53. The van der Waals surface area contributed by atoms with Crippen LogP contribution in [0.1, 0.15) is 23.5 Å². The SMILES string of the molecule is Cc1cc(Br)cc2c1N[C@H]1CCNC[C@@H]21. The molecule has 1 saturated heterocycles. The van der Waals surface area contributed by atoms with Crippen LogP contribution in [0.15, 0.2) is 16.6 Å². The van der Waals surface area contributed by atoms with Crippen molar-refractivity contribution in [3.8, 4) is 0 Å². The van der Waals surface area contributed by atoms with Crippen molar-refractivity contribution in [1.82, 2.24) is 5.32 Å². The average Bonchev–Trinajstić information content (AvgIpc) is 2.57. The third-order valence-electron chi connectivity index (χ3n) is 3.54. The predicted molar refractivity (Wildman–Crippen MR) is 66.5 cm³/mol. The van der Waals surface area contributed by atoms with Gasteiger partial charge in [0.15, 0.2) is 0 Å². The molecule has 1 aromatic rings. The molecule has 2 heterocycles. The molecule has 1 aromatic carbocycles. The summed E-state index contributed by atoms with van der Waals surface area (Å²) in [5.41, 5.74) is 4.21. The molecule has 2 N–H and O–H groups in total. The van der Waals surface area contributed by atoms with Gasteiger partial charge in [0.05, 0.1) is 0 Å². The molecule has 3 rings (SSSR count). The van der Waals surface area contributed by atoms with E-state index in [1.165, 1.54) is 27.7 Å². The van der Waals surface area contributed by atoms with E-state index in [0.717, 1.165) is 13.1 Å². The van der Waals surface area contributed by atoms with Crippen LogP contribution < -0.4 is 10.6 Å². The normalized spacial score (nSPS) is 28.1. The minimum atomic E-state index is 0.647. The van der Waals surface area contributed by atoms with Crippen molar-refractivity contribution in [2.45, 2.75) is 25.3 Å². The lowest BCUT2D eigenvalue weighted by Crippen LogP contribution is -2.38. The van der Waals surface area contributed by atoms with Crippen LogP contribution in [0.25, 0.3) is 0 Å². The first-order chi connectivity index (χ1) is 7.25. The number of benzene rings is 1. The first kappa shape index (κ1) is 9.67. The van der Waals surface area contributed by atoms with Crippen molar-refractivity contribution in [2.24, 2.45) is 0 Å². The molecular weight excluding hydrogens is 252 g/mol. The van der Waals surface area contributed by atoms with Crippen LogP contribution >= 0.6 is 15.9 Å². The van der Waals surface area contributed by atoms with Gasteiger partial charge in [-0.1, -0.05) is 15.9 Å². The van der Waals surface area contributed by atoms with Crippen molar-refractivity contribution in [1.29, 1.82) is 0 Å². The molecule has 0 saturated carbocycles. The second-order valence-corrected chi connectivity index (χ2v) is 5.45. The highest BCUT2D eigenvalue weighted by Crippen LogP contribution is 2.41. The predicted octanol–water partition coefficient (Wildman–Crippen LogP) is 2.63. The summed E-state index contributed by atoms with van der Waals surface area (Å²) in [5, 5.41) is 7.15. The average molecular weight is 267 g/mol. The molecule has 2 atom stereocenters. The molecule has 0 unspecified atom stereocenters. The van der Waals surface area contributed by atoms with E-state index in [9.17, 15) is 0 Å². The fourth-order valence-electron chi connectivity index (χ4n) is 2.80. The third kappa shape index (κ3) is 1.49. The topological polar surface area (TPSA) is 24.1 Å². The minimum Gasteiger partial charge on any atom is -0.381 e. The summed E-state index contributed by atoms with van der Waals surface area (Å²) >= 11 is 3.58. The van der Waals surface area contributed by atoms with Crippen molar-refractivity contribution in [3.63, 3.8) is 0 Å². The monoisotopic (exact) mass is 266 g/mol. The van der Waals surface area contributed by atoms with Gasteiger partial charge in [-0.15, -0.1) is 0 Å². The van der Waals surface area contributed by atoms with E-state index in [1.54, 1.807) is 0 Å². The zero-order valence-electron chi connectivity index (χ0n) is 8.81. The van der Waals surface area contributed by atoms with Gasteiger partial charge < -0.3 is 10.6 Å². The zero-order valence-corrected chi connectivity index (χ0v) is 10.4. The largest absolute Gasteiger partial charge is 0.381 e. The Morgan fingerprint density at radius 1 is 1.40 bits per heavy atom. The Kier molecular flexibility index (Phi) is 2.25. The summed E-state index contributed by atoms with van der Waals surface area (Å²) in [6.07, 6.45) is 1.23. The molecule has 2 aliphatic rings. The van der Waals surface area contributed by atoms with Gasteiger partial charge in [-0.05, 0) is 43.1 Å². The number of nitrogens with one attached hydrogen (secondary N) is 2. The molecule has 2 aliphatic heterocycles. The number of fused-ring (bicyclic) bond motifs is 3. The summed E-state index contributed by atoms with van der Waals surface area (Å²) < 4.78 is 1.20. The molecular formula is C12H15BrN2. The van der Waals surface area contributed by atoms with E-state index in [0.29, 0.717) is 12.0 Å². The van der Waals surface area contributed by atoms with Crippen LogP contribution in [-0.2, 0) is 0 Å². The lowest BCUT2D eigenvalue weighted by atomic mass is 9.90. The van der Waals surface area contributed by atoms with Crippen LogP contribution in [0.3, 0.4) is 0 Å². The van der Waals surface area contributed by atoms with Gasteiger partial charge in [0, 0.05) is 28.7 Å². The highest BCUT2D eigenvalue weighted by Gasteiger charge is 2.34. The van der Waals surface area contributed by atoms with E-state index in [-0.39, 0.29) is 0 Å². The number of halogens is 1. The summed E-state index contributed by atoms with van der Waals surface area (Å²) in [4.78, 5) is 0. The zero-order chi connectivity index (χ0) is 10.4. The Morgan fingerprint density at radius 2 is 2.27 bits per heavy atom. The van der Waals surface area contributed by atoms with Crippen LogP contribution in [0.2, 0.25) is 0 Å². The molecule has 2 nitrogen and oxygen atoms in total. The van der Waals surface area contributed by atoms with Crippen molar-refractivity contribution < 1.29 is 0 Å². The second kappa shape index (κ2) is 3.49. The van der Waals surface area contributed by atoms with Crippen LogP contribution in [0, 0.1) is 6.92 Å². The Morgan fingerprint density at radius 3 is 3.13 bits per heavy atom. The fraction of sp³-hybridized carbons (Fsp3) is 0.500. The van der Waals surface area contributed by atoms with E-state index in [1.807, 2.05) is 0 Å². The second-order valence-electron chi connectivity index (χ2n) is 4.54. The number of anilines is 1. The molecule has 0 aromatic heterocycles. The van der Waals surface area contributed by atoms with Gasteiger partial charge >= 0.3 is 0 Å². The number of hydrogen-bond donors (Lipinski definition) is 2. The van der Waals surface area contributed by atoms with Crippen molar-refractivity contribution in [2.75, 3.05) is 18.4 Å². The maximum atomic E-state index is 3.67. The van der Waals surface area contributed by atoms with Crippen LogP contribution in [0.5, 0.6) is 0 Å². The summed E-state index contributed by atoms with van der Waals surface area (Å²) in [5.74, 6) is 0.657. The molecule has 80 valence electrons. The van der Waals surface area contributed by atoms with Gasteiger partial charge in [0.1, 0.15) is 0 Å². The number of hydrogen-bond acceptors (Lipinski definition) is 2. The Bertz CT molecular complexity index is 403. The van der Waals surface area contributed by atoms with Crippen LogP contribution in [-0.4, -0.2) is 19.1 Å². The molecule has 0 bridgehead atoms. The molecule has 0 aliphatic carbocycles. The van der Waals surface area contributed by atoms with Gasteiger partial charge in [-0.3, -0.25) is 0 Å². The van der Waals surface area contributed by atoms with E-state index in [2.05, 4.69) is 45.6 Å².